The largest absolute Gasteiger partial charge is 0.507 e. The van der Waals surface area contributed by atoms with Crippen LogP contribution in [0.2, 0.25) is 0 Å². The lowest BCUT2D eigenvalue weighted by atomic mass is 9.99. The number of para-hydroxylation sites is 1. The number of aromatic hydroxyl groups is 1. The van der Waals surface area contributed by atoms with Gasteiger partial charge in [0.15, 0.2) is 0 Å². The smallest absolute Gasteiger partial charge is 0.354 e. The first kappa shape index (κ1) is 26.6. The average molecular weight is 555 g/mol. The zero-order valence-corrected chi connectivity index (χ0v) is 23.2. The lowest BCUT2D eigenvalue weighted by Crippen LogP contribution is -2.60. The average Bonchev–Trinajstić information content (AvgIpc) is 3.09. The maximum atomic E-state index is 15.1. The number of carbonyl (C=O) groups excluding carboxylic acids is 1. The molecule has 1 fully saturated rings. The van der Waals surface area contributed by atoms with Crippen LogP contribution in [0.3, 0.4) is 0 Å². The zero-order chi connectivity index (χ0) is 29.0. The quantitative estimate of drug-likeness (QED) is 0.357. The number of nitrogens with zero attached hydrogens (tertiary/aromatic N) is 4. The van der Waals surface area contributed by atoms with Crippen molar-refractivity contribution in [2.45, 2.75) is 38.8 Å². The summed E-state index contributed by atoms with van der Waals surface area (Å²) in [5, 5.41) is 11.3. The normalized spacial score (nSPS) is 18.2. The Bertz CT molecular complexity index is 1740. The molecule has 0 bridgehead atoms. The molecule has 2 aliphatic rings. The predicted molar refractivity (Wildman–Crippen MR) is 156 cm³/mol. The van der Waals surface area contributed by atoms with Crippen LogP contribution in [-0.2, 0) is 4.79 Å². The Labute approximate surface area is 236 Å². The molecular formula is C32H31FN4O4. The minimum Gasteiger partial charge on any atom is -0.507 e. The van der Waals surface area contributed by atoms with E-state index < -0.39 is 11.5 Å². The maximum Gasteiger partial charge on any atom is 0.354 e. The molecule has 2 atom stereocenters. The van der Waals surface area contributed by atoms with E-state index in [1.165, 1.54) is 24.3 Å². The summed E-state index contributed by atoms with van der Waals surface area (Å²) in [6, 6.07) is 14.7. The molecule has 9 heteroatoms. The van der Waals surface area contributed by atoms with Crippen molar-refractivity contribution in [3.63, 3.8) is 0 Å². The molecule has 41 heavy (non-hydrogen) atoms. The SMILES string of the molecule is C=CC(=O)N1C[C@H]2COc3cc(-c4c(O)cccc4F)cc4c3c(nc(=O)n4-c3ccccc3C(C)C)N2C[C@@H]1C. The molecular weight excluding hydrogens is 523 g/mol. The molecule has 1 saturated heterocycles. The lowest BCUT2D eigenvalue weighted by molar-refractivity contribution is -0.129. The number of halogens is 1. The summed E-state index contributed by atoms with van der Waals surface area (Å²) in [5.74, 6) is -0.00000596. The Morgan fingerprint density at radius 3 is 2.68 bits per heavy atom. The highest BCUT2D eigenvalue weighted by molar-refractivity contribution is 6.00. The number of rotatable bonds is 4. The van der Waals surface area contributed by atoms with Gasteiger partial charge in [-0.05, 0) is 60.4 Å². The summed E-state index contributed by atoms with van der Waals surface area (Å²) in [6.45, 7) is 10.7. The molecule has 3 heterocycles. The van der Waals surface area contributed by atoms with Crippen LogP contribution in [0.4, 0.5) is 10.2 Å². The van der Waals surface area contributed by atoms with Crippen LogP contribution >= 0.6 is 0 Å². The van der Waals surface area contributed by atoms with Gasteiger partial charge >= 0.3 is 5.69 Å². The van der Waals surface area contributed by atoms with Gasteiger partial charge in [-0.15, -0.1) is 0 Å². The first-order chi connectivity index (χ1) is 19.7. The number of hydrogen-bond donors (Lipinski definition) is 1. The number of anilines is 1. The first-order valence-electron chi connectivity index (χ1n) is 13.7. The monoisotopic (exact) mass is 554 g/mol. The van der Waals surface area contributed by atoms with Gasteiger partial charge in [0, 0.05) is 19.1 Å². The van der Waals surface area contributed by atoms with E-state index in [2.05, 4.69) is 25.4 Å². The van der Waals surface area contributed by atoms with E-state index in [4.69, 9.17) is 4.74 Å². The van der Waals surface area contributed by atoms with Gasteiger partial charge in [0.05, 0.1) is 28.2 Å². The van der Waals surface area contributed by atoms with E-state index in [0.717, 1.165) is 5.56 Å². The molecule has 0 unspecified atom stereocenters. The van der Waals surface area contributed by atoms with E-state index in [9.17, 15) is 14.7 Å². The van der Waals surface area contributed by atoms with Crippen LogP contribution < -0.4 is 15.3 Å². The molecule has 6 rings (SSSR count). The molecule has 0 aliphatic carbocycles. The fourth-order valence-corrected chi connectivity index (χ4v) is 6.03. The van der Waals surface area contributed by atoms with Crippen molar-refractivity contribution >= 4 is 22.6 Å². The Hall–Kier alpha value is -4.66. The second kappa shape index (κ2) is 10.1. The van der Waals surface area contributed by atoms with Crippen molar-refractivity contribution in [2.24, 2.45) is 0 Å². The third-order valence-electron chi connectivity index (χ3n) is 8.02. The third-order valence-corrected chi connectivity index (χ3v) is 8.02. The van der Waals surface area contributed by atoms with Crippen LogP contribution in [0.5, 0.6) is 11.5 Å². The molecule has 1 aromatic heterocycles. The number of piperazine rings is 1. The number of phenols is 1. The maximum absolute atomic E-state index is 15.1. The van der Waals surface area contributed by atoms with E-state index in [1.54, 1.807) is 21.6 Å². The van der Waals surface area contributed by atoms with E-state index in [-0.39, 0.29) is 41.8 Å². The highest BCUT2D eigenvalue weighted by Gasteiger charge is 2.38. The highest BCUT2D eigenvalue weighted by Crippen LogP contribution is 2.43. The zero-order valence-electron chi connectivity index (χ0n) is 23.2. The molecule has 210 valence electrons. The van der Waals surface area contributed by atoms with Gasteiger partial charge in [-0.3, -0.25) is 9.36 Å². The van der Waals surface area contributed by atoms with Crippen molar-refractivity contribution in [2.75, 3.05) is 24.6 Å². The molecule has 3 aromatic carbocycles. The molecule has 1 N–H and O–H groups in total. The lowest BCUT2D eigenvalue weighted by Gasteiger charge is -2.44. The van der Waals surface area contributed by atoms with Crippen molar-refractivity contribution < 1.29 is 19.0 Å². The van der Waals surface area contributed by atoms with Gasteiger partial charge in [0.2, 0.25) is 5.91 Å². The van der Waals surface area contributed by atoms with Crippen molar-refractivity contribution in [1.29, 1.82) is 0 Å². The van der Waals surface area contributed by atoms with E-state index in [1.807, 2.05) is 36.1 Å². The van der Waals surface area contributed by atoms with Crippen LogP contribution in [0.1, 0.15) is 32.3 Å². The van der Waals surface area contributed by atoms with Crippen molar-refractivity contribution in [3.05, 3.63) is 89.1 Å². The van der Waals surface area contributed by atoms with Crippen LogP contribution in [0.25, 0.3) is 27.7 Å². The molecule has 2 aliphatic heterocycles. The van der Waals surface area contributed by atoms with Crippen LogP contribution in [-0.4, -0.2) is 57.2 Å². The second-order valence-corrected chi connectivity index (χ2v) is 10.9. The van der Waals surface area contributed by atoms with Gasteiger partial charge in [-0.25, -0.2) is 9.18 Å². The number of carbonyl (C=O) groups is 1. The third kappa shape index (κ3) is 4.32. The molecule has 0 saturated carbocycles. The first-order valence-corrected chi connectivity index (χ1v) is 13.7. The Kier molecular flexibility index (Phi) is 6.52. The number of phenolic OH excluding ortho intramolecular Hbond substituents is 1. The highest BCUT2D eigenvalue weighted by atomic mass is 19.1. The van der Waals surface area contributed by atoms with Gasteiger partial charge in [0.25, 0.3) is 0 Å². The molecule has 0 spiro atoms. The fraction of sp³-hybridized carbons (Fsp3) is 0.281. The van der Waals surface area contributed by atoms with Gasteiger partial charge in [0.1, 0.15) is 29.7 Å². The summed E-state index contributed by atoms with van der Waals surface area (Å²) in [5.41, 5.74) is 2.00. The van der Waals surface area contributed by atoms with Crippen molar-refractivity contribution in [3.8, 4) is 28.3 Å². The fourth-order valence-electron chi connectivity index (χ4n) is 6.03. The second-order valence-electron chi connectivity index (χ2n) is 10.9. The number of hydrogen-bond acceptors (Lipinski definition) is 6. The van der Waals surface area contributed by atoms with Gasteiger partial charge in [-0.1, -0.05) is 44.7 Å². The topological polar surface area (TPSA) is 87.9 Å². The summed E-state index contributed by atoms with van der Waals surface area (Å²) in [6.07, 6.45) is 1.30. The number of benzene rings is 3. The van der Waals surface area contributed by atoms with E-state index in [0.29, 0.717) is 46.8 Å². The predicted octanol–water partition coefficient (Wildman–Crippen LogP) is 5.00. The Morgan fingerprint density at radius 2 is 1.95 bits per heavy atom. The molecule has 1 amide bonds. The standard InChI is InChI=1S/C32H31FN4O4/c1-5-28(39)35-16-21-17-41-27-14-20(29-23(33)10-8-12-26(29)38)13-25-30(27)31(36(21)15-19(35)4)34-32(40)37(25)24-11-7-6-9-22(24)18(2)3/h5-14,18-19,21,38H,1,15-17H2,2-4H3/t19-,21-/m0/s1. The van der Waals surface area contributed by atoms with Gasteiger partial charge in [-0.2, -0.15) is 4.98 Å². The van der Waals surface area contributed by atoms with Crippen LogP contribution in [0, 0.1) is 5.82 Å². The van der Waals surface area contributed by atoms with E-state index >= 15 is 4.39 Å². The number of fused-ring (bicyclic) bond motifs is 2. The molecule has 4 aromatic rings. The van der Waals surface area contributed by atoms with Crippen LogP contribution in [0.15, 0.2) is 72.0 Å². The number of ether oxygens (including phenoxy) is 1. The number of aromatic nitrogens is 2. The van der Waals surface area contributed by atoms with Crippen molar-refractivity contribution in [1.82, 2.24) is 14.5 Å². The van der Waals surface area contributed by atoms with Gasteiger partial charge < -0.3 is 19.6 Å². The summed E-state index contributed by atoms with van der Waals surface area (Å²) in [7, 11) is 0. The molecule has 0 radical (unpaired) electrons. The summed E-state index contributed by atoms with van der Waals surface area (Å²) < 4.78 is 23.0. The molecule has 8 nitrogen and oxygen atoms in total. The Morgan fingerprint density at radius 1 is 1.17 bits per heavy atom. The summed E-state index contributed by atoms with van der Waals surface area (Å²) in [4.78, 5) is 35.0. The number of amides is 1. The minimum atomic E-state index is -0.597. The Balaban J connectivity index is 1.66. The summed E-state index contributed by atoms with van der Waals surface area (Å²) >= 11 is 0. The minimum absolute atomic E-state index is 0.0158.